The summed E-state index contributed by atoms with van der Waals surface area (Å²) < 4.78 is 29.3. The van der Waals surface area contributed by atoms with Crippen LogP contribution in [0.25, 0.3) is 0 Å². The maximum atomic E-state index is 12.2. The fraction of sp³-hybridized carbons (Fsp3) is 0.636. The molecule has 1 amide bonds. The van der Waals surface area contributed by atoms with Gasteiger partial charge in [0.1, 0.15) is 5.00 Å². The summed E-state index contributed by atoms with van der Waals surface area (Å²) in [6.07, 6.45) is 2.35. The highest BCUT2D eigenvalue weighted by Crippen LogP contribution is 2.32. The molecule has 4 N–H and O–H groups in total. The molecule has 0 spiro atoms. The van der Waals surface area contributed by atoms with Crippen LogP contribution in [0, 0.1) is 0 Å². The van der Waals surface area contributed by atoms with E-state index in [1.807, 2.05) is 0 Å². The van der Waals surface area contributed by atoms with Crippen molar-refractivity contribution in [3.8, 4) is 0 Å². The molecular weight excluding hydrogens is 314 g/mol. The fourth-order valence-electron chi connectivity index (χ4n) is 1.66. The number of rotatable bonds is 7. The van der Waals surface area contributed by atoms with Crippen molar-refractivity contribution in [1.82, 2.24) is 14.0 Å². The smallest absolute Gasteiger partial charge is 0.249 e. The molecule has 0 radical (unpaired) electrons. The van der Waals surface area contributed by atoms with Gasteiger partial charge in [-0.05, 0) is 24.4 Å². The van der Waals surface area contributed by atoms with Gasteiger partial charge in [0.2, 0.25) is 15.9 Å². The minimum Gasteiger partial charge on any atom is -0.382 e. The zero-order valence-corrected chi connectivity index (χ0v) is 13.6. The van der Waals surface area contributed by atoms with E-state index >= 15 is 0 Å². The number of aromatic nitrogens is 1. The van der Waals surface area contributed by atoms with E-state index in [1.165, 1.54) is 14.1 Å². The van der Waals surface area contributed by atoms with Crippen molar-refractivity contribution in [1.29, 1.82) is 0 Å². The zero-order valence-electron chi connectivity index (χ0n) is 11.9. The number of nitrogens with one attached hydrogen (secondary N) is 2. The number of nitrogen functional groups attached to an aromatic ring is 1. The minimum atomic E-state index is -3.66. The number of hydrogen-bond acceptors (Lipinski definition) is 7. The number of nitrogens with zero attached hydrogens (tertiary/aromatic N) is 2. The summed E-state index contributed by atoms with van der Waals surface area (Å²) in [5.74, 6) is -0.0712. The number of carbonyl (C=O) groups is 1. The Morgan fingerprint density at radius 1 is 1.48 bits per heavy atom. The summed E-state index contributed by atoms with van der Waals surface area (Å²) >= 11 is 0.975. The number of sulfonamides is 1. The van der Waals surface area contributed by atoms with Crippen molar-refractivity contribution < 1.29 is 13.2 Å². The monoisotopic (exact) mass is 333 g/mol. The second kappa shape index (κ2) is 6.16. The van der Waals surface area contributed by atoms with Crippen molar-refractivity contribution in [2.24, 2.45) is 0 Å². The zero-order chi connectivity index (χ0) is 15.6. The predicted octanol–water partition coefficient (Wildman–Crippen LogP) is 0.0562. The number of hydrogen-bond donors (Lipinski definition) is 3. The Balaban J connectivity index is 1.99. The van der Waals surface area contributed by atoms with Gasteiger partial charge in [-0.2, -0.15) is 4.37 Å². The lowest BCUT2D eigenvalue weighted by molar-refractivity contribution is -0.120. The molecule has 1 fully saturated rings. The standard InChI is InChI=1S/C11H19N5O3S2/c1-16(2)21(18,19)9-10(12)15-20-11(9)13-6-5-8(17)14-7-3-4-7/h7,13H,3-6H2,1-2H3,(H2,12,15)(H,14,17). The van der Waals surface area contributed by atoms with Crippen molar-refractivity contribution in [2.45, 2.75) is 30.2 Å². The summed E-state index contributed by atoms with van der Waals surface area (Å²) in [5, 5.41) is 6.16. The van der Waals surface area contributed by atoms with Gasteiger partial charge in [-0.3, -0.25) is 4.79 Å². The molecule has 0 saturated heterocycles. The molecule has 0 atom stereocenters. The fourth-order valence-corrected chi connectivity index (χ4v) is 3.76. The van der Waals surface area contributed by atoms with Gasteiger partial charge in [-0.15, -0.1) is 0 Å². The first-order valence-corrected chi connectivity index (χ1v) is 8.74. The van der Waals surface area contributed by atoms with Crippen LogP contribution in [-0.4, -0.2) is 49.7 Å². The van der Waals surface area contributed by atoms with Gasteiger partial charge < -0.3 is 16.4 Å². The van der Waals surface area contributed by atoms with Crippen LogP contribution in [-0.2, 0) is 14.8 Å². The van der Waals surface area contributed by atoms with Crippen LogP contribution in [0.15, 0.2) is 4.90 Å². The number of nitrogens with two attached hydrogens (primary N) is 1. The van der Waals surface area contributed by atoms with Crippen LogP contribution in [0.2, 0.25) is 0 Å². The summed E-state index contributed by atoms with van der Waals surface area (Å²) in [6, 6.07) is 0.321. The molecule has 1 heterocycles. The summed E-state index contributed by atoms with van der Waals surface area (Å²) in [7, 11) is -0.802. The van der Waals surface area contributed by atoms with Crippen molar-refractivity contribution in [2.75, 3.05) is 31.7 Å². The summed E-state index contributed by atoms with van der Waals surface area (Å²) in [5.41, 5.74) is 5.65. The van der Waals surface area contributed by atoms with Gasteiger partial charge in [-0.1, -0.05) is 0 Å². The molecule has 2 rings (SSSR count). The Morgan fingerprint density at radius 3 is 2.71 bits per heavy atom. The van der Waals surface area contributed by atoms with Gasteiger partial charge in [0.05, 0.1) is 0 Å². The number of anilines is 2. The third-order valence-corrected chi connectivity index (χ3v) is 5.83. The third kappa shape index (κ3) is 3.83. The lowest BCUT2D eigenvalue weighted by atomic mass is 10.4. The molecule has 1 aliphatic carbocycles. The average molecular weight is 333 g/mol. The van der Waals surface area contributed by atoms with E-state index in [1.54, 1.807) is 0 Å². The van der Waals surface area contributed by atoms with E-state index in [0.717, 1.165) is 28.7 Å². The highest BCUT2D eigenvalue weighted by atomic mass is 32.2. The van der Waals surface area contributed by atoms with Crippen molar-refractivity contribution in [3.63, 3.8) is 0 Å². The highest BCUT2D eigenvalue weighted by Gasteiger charge is 2.28. The van der Waals surface area contributed by atoms with Gasteiger partial charge in [0.25, 0.3) is 0 Å². The molecule has 0 unspecified atom stereocenters. The Bertz CT molecular complexity index is 622. The summed E-state index contributed by atoms with van der Waals surface area (Å²) in [4.78, 5) is 11.5. The molecule has 1 saturated carbocycles. The predicted molar refractivity (Wildman–Crippen MR) is 81.7 cm³/mol. The lowest BCUT2D eigenvalue weighted by Crippen LogP contribution is -2.27. The molecule has 1 aromatic heterocycles. The van der Waals surface area contributed by atoms with Gasteiger partial charge in [-0.25, -0.2) is 12.7 Å². The minimum absolute atomic E-state index is 0.0277. The van der Waals surface area contributed by atoms with Gasteiger partial charge in [0, 0.05) is 33.1 Å². The van der Waals surface area contributed by atoms with E-state index in [0.29, 0.717) is 17.6 Å². The summed E-state index contributed by atoms with van der Waals surface area (Å²) in [6.45, 7) is 0.329. The van der Waals surface area contributed by atoms with Gasteiger partial charge in [0.15, 0.2) is 10.7 Å². The number of amides is 1. The maximum absolute atomic E-state index is 12.2. The number of carbonyl (C=O) groups excluding carboxylic acids is 1. The first-order valence-electron chi connectivity index (χ1n) is 6.53. The molecular formula is C11H19N5O3S2. The third-order valence-electron chi connectivity index (χ3n) is 2.99. The van der Waals surface area contributed by atoms with Crippen molar-refractivity contribution in [3.05, 3.63) is 0 Å². The lowest BCUT2D eigenvalue weighted by Gasteiger charge is -2.12. The maximum Gasteiger partial charge on any atom is 0.249 e. The van der Waals surface area contributed by atoms with E-state index in [-0.39, 0.29) is 23.0 Å². The molecule has 8 nitrogen and oxygen atoms in total. The first-order chi connectivity index (χ1) is 9.82. The second-order valence-electron chi connectivity index (χ2n) is 5.03. The van der Waals surface area contributed by atoms with E-state index in [9.17, 15) is 13.2 Å². The van der Waals surface area contributed by atoms with Crippen LogP contribution in [0.3, 0.4) is 0 Å². The Labute approximate surface area is 127 Å². The molecule has 0 aliphatic heterocycles. The normalized spacial score (nSPS) is 15.2. The molecule has 21 heavy (non-hydrogen) atoms. The quantitative estimate of drug-likeness (QED) is 0.649. The van der Waals surface area contributed by atoms with E-state index in [2.05, 4.69) is 15.0 Å². The second-order valence-corrected chi connectivity index (χ2v) is 7.89. The topological polar surface area (TPSA) is 117 Å². The van der Waals surface area contributed by atoms with Gasteiger partial charge >= 0.3 is 0 Å². The van der Waals surface area contributed by atoms with Crippen LogP contribution < -0.4 is 16.4 Å². The average Bonchev–Trinajstić information content (AvgIpc) is 3.11. The molecule has 118 valence electrons. The highest BCUT2D eigenvalue weighted by molar-refractivity contribution is 7.89. The molecule has 1 aliphatic rings. The molecule has 10 heteroatoms. The molecule has 0 aromatic carbocycles. The first kappa shape index (κ1) is 16.0. The molecule has 1 aromatic rings. The van der Waals surface area contributed by atoms with E-state index < -0.39 is 10.0 Å². The SMILES string of the molecule is CN(C)S(=O)(=O)c1c(N)nsc1NCCC(=O)NC1CC1. The van der Waals surface area contributed by atoms with Crippen LogP contribution in [0.4, 0.5) is 10.8 Å². The van der Waals surface area contributed by atoms with Crippen molar-refractivity contribution >= 4 is 38.3 Å². The Morgan fingerprint density at radius 2 is 2.14 bits per heavy atom. The Hall–Kier alpha value is -1.39. The Kier molecular flexibility index (Phi) is 4.69. The van der Waals surface area contributed by atoms with Crippen LogP contribution >= 0.6 is 11.5 Å². The van der Waals surface area contributed by atoms with Crippen LogP contribution in [0.1, 0.15) is 19.3 Å². The van der Waals surface area contributed by atoms with Crippen LogP contribution in [0.5, 0.6) is 0 Å². The molecule has 0 bridgehead atoms. The largest absolute Gasteiger partial charge is 0.382 e. The van der Waals surface area contributed by atoms with E-state index in [4.69, 9.17) is 5.73 Å².